The van der Waals surface area contributed by atoms with Crippen molar-refractivity contribution in [1.82, 2.24) is 13.9 Å². The van der Waals surface area contributed by atoms with Crippen molar-refractivity contribution in [2.45, 2.75) is 38.3 Å². The van der Waals surface area contributed by atoms with Crippen LogP contribution < -0.4 is 9.46 Å². The largest absolute Gasteiger partial charge is 0.497 e. The molecule has 0 aromatic heterocycles. The summed E-state index contributed by atoms with van der Waals surface area (Å²) in [6.07, 6.45) is 2.33. The van der Waals surface area contributed by atoms with Gasteiger partial charge in [-0.05, 0) is 42.9 Å². The summed E-state index contributed by atoms with van der Waals surface area (Å²) in [7, 11) is -0.684. The fraction of sp³-hybridized carbons (Fsp3) is 0.611. The van der Waals surface area contributed by atoms with E-state index >= 15 is 0 Å². The van der Waals surface area contributed by atoms with Crippen LogP contribution >= 0.6 is 0 Å². The van der Waals surface area contributed by atoms with Gasteiger partial charge in [0, 0.05) is 20.1 Å². The van der Waals surface area contributed by atoms with Crippen LogP contribution in [0, 0.1) is 5.92 Å². The van der Waals surface area contributed by atoms with Crippen molar-refractivity contribution in [1.29, 1.82) is 0 Å². The zero-order valence-electron chi connectivity index (χ0n) is 15.5. The van der Waals surface area contributed by atoms with Crippen LogP contribution in [0.4, 0.5) is 0 Å². The Labute approximate surface area is 155 Å². The molecule has 7 nitrogen and oxygen atoms in total. The molecule has 26 heavy (non-hydrogen) atoms. The first-order valence-electron chi connectivity index (χ1n) is 9.00. The minimum atomic E-state index is -3.73. The third kappa shape index (κ3) is 3.87. The van der Waals surface area contributed by atoms with E-state index in [1.54, 1.807) is 7.11 Å². The number of likely N-dealkylation sites (N-methyl/N-ethyl adjacent to an activating group) is 1. The molecule has 0 bridgehead atoms. The minimum absolute atomic E-state index is 0.0997. The summed E-state index contributed by atoms with van der Waals surface area (Å²) in [6.45, 7) is 3.57. The number of amides is 1. The molecule has 2 atom stereocenters. The van der Waals surface area contributed by atoms with E-state index in [4.69, 9.17) is 4.74 Å². The Kier molecular flexibility index (Phi) is 5.55. The molecule has 3 rings (SSSR count). The molecule has 2 saturated heterocycles. The zero-order valence-corrected chi connectivity index (χ0v) is 16.3. The first-order chi connectivity index (χ1) is 12.3. The third-order valence-corrected chi connectivity index (χ3v) is 7.04. The maximum atomic E-state index is 13.0. The van der Waals surface area contributed by atoms with Gasteiger partial charge >= 0.3 is 0 Å². The van der Waals surface area contributed by atoms with Gasteiger partial charge in [-0.15, -0.1) is 0 Å². The highest BCUT2D eigenvalue weighted by atomic mass is 32.2. The molecule has 1 aromatic rings. The number of carbonyl (C=O) groups is 1. The second kappa shape index (κ2) is 7.54. The van der Waals surface area contributed by atoms with Crippen LogP contribution in [0.5, 0.6) is 5.75 Å². The van der Waals surface area contributed by atoms with E-state index in [1.807, 2.05) is 29.2 Å². The number of nitrogens with zero attached hydrogens (tertiary/aromatic N) is 2. The monoisotopic (exact) mass is 381 g/mol. The van der Waals surface area contributed by atoms with Crippen molar-refractivity contribution < 1.29 is 17.9 Å². The molecule has 1 aromatic carbocycles. The van der Waals surface area contributed by atoms with Crippen LogP contribution in [0.15, 0.2) is 24.3 Å². The Morgan fingerprint density at radius 2 is 1.96 bits per heavy atom. The van der Waals surface area contributed by atoms with Crippen molar-refractivity contribution in [3.05, 3.63) is 29.8 Å². The number of hydrogen-bond acceptors (Lipinski definition) is 4. The number of carbonyl (C=O) groups excluding carboxylic acids is 1. The van der Waals surface area contributed by atoms with Gasteiger partial charge < -0.3 is 9.64 Å². The van der Waals surface area contributed by atoms with Gasteiger partial charge in [0.2, 0.25) is 5.91 Å². The summed E-state index contributed by atoms with van der Waals surface area (Å²) >= 11 is 0. The van der Waals surface area contributed by atoms with E-state index in [0.29, 0.717) is 31.2 Å². The first kappa shape index (κ1) is 19.1. The second-order valence-electron chi connectivity index (χ2n) is 7.23. The van der Waals surface area contributed by atoms with Gasteiger partial charge in [-0.3, -0.25) is 4.79 Å². The Morgan fingerprint density at radius 1 is 1.27 bits per heavy atom. The maximum Gasteiger partial charge on any atom is 0.280 e. The summed E-state index contributed by atoms with van der Waals surface area (Å²) in [6, 6.07) is 6.15. The summed E-state index contributed by atoms with van der Waals surface area (Å²) in [5.74, 6) is 1.17. The number of piperidine rings is 1. The molecule has 2 aliphatic heterocycles. The average Bonchev–Trinajstić information content (AvgIpc) is 2.64. The van der Waals surface area contributed by atoms with Gasteiger partial charge in [-0.1, -0.05) is 19.1 Å². The predicted octanol–water partition coefficient (Wildman–Crippen LogP) is 1.53. The van der Waals surface area contributed by atoms with Gasteiger partial charge in [0.15, 0.2) is 0 Å². The van der Waals surface area contributed by atoms with Crippen LogP contribution in [0.2, 0.25) is 0 Å². The normalized spacial score (nSPS) is 27.3. The highest BCUT2D eigenvalue weighted by Crippen LogP contribution is 2.31. The lowest BCUT2D eigenvalue weighted by Gasteiger charge is -2.40. The quantitative estimate of drug-likeness (QED) is 0.861. The summed E-state index contributed by atoms with van der Waals surface area (Å²) in [4.78, 5) is 14.8. The highest BCUT2D eigenvalue weighted by molar-refractivity contribution is 7.87. The Hall–Kier alpha value is -1.64. The molecule has 0 radical (unpaired) electrons. The zero-order chi connectivity index (χ0) is 18.9. The topological polar surface area (TPSA) is 79.0 Å². The summed E-state index contributed by atoms with van der Waals surface area (Å²) in [5.41, 5.74) is 0.797. The molecular formula is C18H27N3O4S. The Bertz CT molecular complexity index is 759. The molecule has 0 unspecified atom stereocenters. The lowest BCUT2D eigenvalue weighted by Crippen LogP contribution is -2.58. The molecule has 1 amide bonds. The third-order valence-electron chi connectivity index (χ3n) is 5.44. The molecule has 2 heterocycles. The second-order valence-corrected chi connectivity index (χ2v) is 8.99. The van der Waals surface area contributed by atoms with Crippen molar-refractivity contribution >= 4 is 16.1 Å². The van der Waals surface area contributed by atoms with E-state index in [0.717, 1.165) is 18.4 Å². The fourth-order valence-corrected chi connectivity index (χ4v) is 4.88. The van der Waals surface area contributed by atoms with Crippen LogP contribution in [0.1, 0.15) is 37.8 Å². The van der Waals surface area contributed by atoms with Crippen LogP contribution in [0.3, 0.4) is 0 Å². The lowest BCUT2D eigenvalue weighted by molar-refractivity contribution is -0.137. The van der Waals surface area contributed by atoms with Crippen molar-refractivity contribution in [3.8, 4) is 5.75 Å². The number of methoxy groups -OCH3 is 1. The number of ether oxygens (including phenoxy) is 1. The van der Waals surface area contributed by atoms with E-state index < -0.39 is 22.3 Å². The number of rotatable bonds is 3. The van der Waals surface area contributed by atoms with Gasteiger partial charge in [0.1, 0.15) is 11.8 Å². The Morgan fingerprint density at radius 3 is 2.62 bits per heavy atom. The molecule has 8 heteroatoms. The molecular weight excluding hydrogens is 354 g/mol. The number of benzene rings is 1. The molecule has 1 N–H and O–H groups in total. The molecule has 144 valence electrons. The number of nitrogens with one attached hydrogen (secondary N) is 1. The number of likely N-dealkylation sites (tertiary alicyclic amines) is 1. The summed E-state index contributed by atoms with van der Waals surface area (Å²) in [5, 5.41) is 0. The van der Waals surface area contributed by atoms with Gasteiger partial charge in [0.25, 0.3) is 10.2 Å². The van der Waals surface area contributed by atoms with Crippen LogP contribution in [-0.4, -0.2) is 56.8 Å². The number of hydrogen-bond donors (Lipinski definition) is 1. The smallest absolute Gasteiger partial charge is 0.280 e. The lowest BCUT2D eigenvalue weighted by atomic mass is 9.96. The molecule has 0 spiro atoms. The summed E-state index contributed by atoms with van der Waals surface area (Å²) < 4.78 is 34.2. The van der Waals surface area contributed by atoms with E-state index in [9.17, 15) is 13.2 Å². The molecule has 0 aliphatic carbocycles. The standard InChI is InChI=1S/C18H27N3O4S/c1-13-7-9-21(10-8-13)18(22)17-12-16(19-26(23,24)20(17)2)14-5-4-6-15(11-14)25-3/h4-6,11,13,16-17,19H,7-10,12H2,1-3H3/t16-,17+/m0/s1. The van der Waals surface area contributed by atoms with E-state index in [-0.39, 0.29) is 5.91 Å². The Balaban J connectivity index is 1.83. The fourth-order valence-electron chi connectivity index (χ4n) is 3.61. The van der Waals surface area contributed by atoms with Crippen molar-refractivity contribution in [3.63, 3.8) is 0 Å². The van der Waals surface area contributed by atoms with Crippen LogP contribution in [-0.2, 0) is 15.0 Å². The average molecular weight is 381 g/mol. The van der Waals surface area contributed by atoms with E-state index in [2.05, 4.69) is 11.6 Å². The van der Waals surface area contributed by atoms with E-state index in [1.165, 1.54) is 11.4 Å². The van der Waals surface area contributed by atoms with Gasteiger partial charge in [0.05, 0.1) is 13.2 Å². The van der Waals surface area contributed by atoms with Gasteiger partial charge in [-0.2, -0.15) is 17.4 Å². The highest BCUT2D eigenvalue weighted by Gasteiger charge is 2.42. The molecule has 2 fully saturated rings. The minimum Gasteiger partial charge on any atom is -0.497 e. The maximum absolute atomic E-state index is 13.0. The van der Waals surface area contributed by atoms with Crippen LogP contribution in [0.25, 0.3) is 0 Å². The predicted molar refractivity (Wildman–Crippen MR) is 98.9 cm³/mol. The van der Waals surface area contributed by atoms with Crippen molar-refractivity contribution in [2.75, 3.05) is 27.2 Å². The molecule has 0 saturated carbocycles. The SMILES string of the molecule is COc1cccc([C@@H]2C[C@H](C(=O)N3CCC(C)CC3)N(C)S(=O)(=O)N2)c1. The van der Waals surface area contributed by atoms with Crippen molar-refractivity contribution in [2.24, 2.45) is 5.92 Å². The van der Waals surface area contributed by atoms with Gasteiger partial charge in [-0.25, -0.2) is 0 Å². The first-order valence-corrected chi connectivity index (χ1v) is 10.4. The molecule has 2 aliphatic rings.